The molecule has 0 saturated heterocycles. The maximum atomic E-state index is 4.74. The molecule has 0 unspecified atom stereocenters. The summed E-state index contributed by atoms with van der Waals surface area (Å²) < 4.78 is 14.2. The van der Waals surface area contributed by atoms with Crippen LogP contribution in [0.5, 0.6) is 0 Å². The summed E-state index contributed by atoms with van der Waals surface area (Å²) in [4.78, 5) is 0. The Labute approximate surface area is 77.0 Å². The van der Waals surface area contributed by atoms with E-state index >= 15 is 0 Å². The van der Waals surface area contributed by atoms with Gasteiger partial charge in [-0.25, -0.2) is 0 Å². The molecule has 0 aromatic heterocycles. The monoisotopic (exact) mass is 195 g/mol. The first-order valence-corrected chi connectivity index (χ1v) is 5.42. The van der Waals surface area contributed by atoms with E-state index in [2.05, 4.69) is 5.73 Å². The molecule has 1 aliphatic carbocycles. The largest absolute Gasteiger partial charge is 0.483 e. The molecule has 0 heterocycles. The van der Waals surface area contributed by atoms with Crippen molar-refractivity contribution in [2.45, 2.75) is 19.3 Å². The molecule has 0 bridgehead atoms. The summed E-state index contributed by atoms with van der Waals surface area (Å²) in [5, 5.41) is 0. The molecule has 0 amide bonds. The van der Waals surface area contributed by atoms with E-state index in [-0.39, 0.29) is 0 Å². The van der Waals surface area contributed by atoms with Crippen LogP contribution in [0.25, 0.3) is 0 Å². The van der Waals surface area contributed by atoms with E-state index in [0.29, 0.717) is 0 Å². The molecular weight excluding hydrogens is 174 g/mol. The van der Waals surface area contributed by atoms with Gasteiger partial charge in [0.25, 0.3) is 0 Å². The van der Waals surface area contributed by atoms with Gasteiger partial charge in [0.2, 0.25) is 0 Å². The second-order valence-electron chi connectivity index (χ2n) is 2.06. The van der Waals surface area contributed by atoms with Crippen LogP contribution in [0.4, 0.5) is 0 Å². The SMILES string of the molecule is C1CC1.CN.CO[SiH](OC)OC. The molecule has 0 aromatic rings. The van der Waals surface area contributed by atoms with Gasteiger partial charge in [-0.15, -0.1) is 0 Å². The van der Waals surface area contributed by atoms with E-state index in [4.69, 9.17) is 13.3 Å². The van der Waals surface area contributed by atoms with Crippen molar-refractivity contribution in [1.29, 1.82) is 0 Å². The van der Waals surface area contributed by atoms with Gasteiger partial charge in [-0.05, 0) is 7.05 Å². The van der Waals surface area contributed by atoms with E-state index in [9.17, 15) is 0 Å². The van der Waals surface area contributed by atoms with Crippen molar-refractivity contribution in [3.05, 3.63) is 0 Å². The van der Waals surface area contributed by atoms with Crippen molar-refractivity contribution in [2.75, 3.05) is 28.4 Å². The molecule has 0 aliphatic heterocycles. The first-order valence-electron chi connectivity index (χ1n) is 4.01. The van der Waals surface area contributed by atoms with Crippen LogP contribution in [0.2, 0.25) is 0 Å². The standard InChI is InChI=1S/C3H10O3Si.C3H6.CH5N/c1-4-7(5-2)6-3;1-2-3-1;1-2/h7H,1-3H3;1-3H2;2H2,1H3. The molecule has 76 valence electrons. The van der Waals surface area contributed by atoms with E-state index in [1.54, 1.807) is 21.3 Å². The van der Waals surface area contributed by atoms with Gasteiger partial charge in [-0.1, -0.05) is 19.3 Å². The lowest BCUT2D eigenvalue weighted by molar-refractivity contribution is 0.163. The molecule has 1 aliphatic rings. The molecular formula is C7H21NO3Si. The minimum atomic E-state index is -1.67. The van der Waals surface area contributed by atoms with Crippen LogP contribution in [0, 0.1) is 0 Å². The third-order valence-electron chi connectivity index (χ3n) is 0.931. The third kappa shape index (κ3) is 16.6. The molecule has 2 N–H and O–H groups in total. The highest BCUT2D eigenvalue weighted by Crippen LogP contribution is 2.14. The van der Waals surface area contributed by atoms with E-state index in [1.165, 1.54) is 26.3 Å². The Morgan fingerprint density at radius 2 is 1.08 bits per heavy atom. The molecule has 1 saturated carbocycles. The van der Waals surface area contributed by atoms with Crippen molar-refractivity contribution in [2.24, 2.45) is 5.73 Å². The lowest BCUT2D eigenvalue weighted by Crippen LogP contribution is -2.21. The van der Waals surface area contributed by atoms with Crippen molar-refractivity contribution >= 4 is 9.53 Å². The van der Waals surface area contributed by atoms with Crippen molar-refractivity contribution < 1.29 is 13.3 Å². The van der Waals surface area contributed by atoms with Crippen LogP contribution < -0.4 is 5.73 Å². The van der Waals surface area contributed by atoms with Crippen molar-refractivity contribution in [3.63, 3.8) is 0 Å². The normalized spacial score (nSPS) is 12.5. The van der Waals surface area contributed by atoms with Gasteiger partial charge in [0.05, 0.1) is 0 Å². The summed E-state index contributed by atoms with van der Waals surface area (Å²) in [5.41, 5.74) is 4.50. The fourth-order valence-corrected chi connectivity index (χ4v) is 0.866. The van der Waals surface area contributed by atoms with Gasteiger partial charge in [0, 0.05) is 21.3 Å². The lowest BCUT2D eigenvalue weighted by atomic mass is 11.0. The molecule has 0 aromatic carbocycles. The van der Waals surface area contributed by atoms with Crippen LogP contribution in [-0.2, 0) is 13.3 Å². The average Bonchev–Trinajstić information content (AvgIpc) is 2.97. The van der Waals surface area contributed by atoms with Gasteiger partial charge < -0.3 is 19.0 Å². The fraction of sp³-hybridized carbons (Fsp3) is 1.00. The Balaban J connectivity index is 0. The summed E-state index contributed by atoms with van der Waals surface area (Å²) >= 11 is 0. The zero-order valence-electron chi connectivity index (χ0n) is 8.50. The highest BCUT2D eigenvalue weighted by molar-refractivity contribution is 6.36. The average molecular weight is 195 g/mol. The van der Waals surface area contributed by atoms with Crippen LogP contribution >= 0.6 is 0 Å². The summed E-state index contributed by atoms with van der Waals surface area (Å²) in [6, 6.07) is 0. The Morgan fingerprint density at radius 3 is 1.08 bits per heavy atom. The predicted molar refractivity (Wildman–Crippen MR) is 52.1 cm³/mol. The molecule has 12 heavy (non-hydrogen) atoms. The maximum Gasteiger partial charge on any atom is 0.483 e. The molecule has 1 rings (SSSR count). The predicted octanol–water partition coefficient (Wildman–Crippen LogP) is 0.388. The molecule has 1 fully saturated rings. The number of nitrogens with two attached hydrogens (primary N) is 1. The summed E-state index contributed by atoms with van der Waals surface area (Å²) in [7, 11) is 4.55. The van der Waals surface area contributed by atoms with Gasteiger partial charge in [0.1, 0.15) is 0 Å². The second kappa shape index (κ2) is 13.6. The summed E-state index contributed by atoms with van der Waals surface area (Å²) in [5.74, 6) is 0. The van der Waals surface area contributed by atoms with Gasteiger partial charge in [-0.3, -0.25) is 0 Å². The molecule has 0 spiro atoms. The summed E-state index contributed by atoms with van der Waals surface area (Å²) in [6.45, 7) is 0. The maximum absolute atomic E-state index is 4.74. The first kappa shape index (κ1) is 14.6. The number of hydrogen-bond donors (Lipinski definition) is 1. The zero-order chi connectivity index (χ0) is 9.82. The molecule has 4 nitrogen and oxygen atoms in total. The fourth-order valence-electron chi connectivity index (χ4n) is 0.289. The van der Waals surface area contributed by atoms with Crippen LogP contribution in [-0.4, -0.2) is 37.9 Å². The van der Waals surface area contributed by atoms with Crippen LogP contribution in [0.15, 0.2) is 0 Å². The quantitative estimate of drug-likeness (QED) is 0.662. The number of hydrogen-bond acceptors (Lipinski definition) is 4. The summed E-state index contributed by atoms with van der Waals surface area (Å²) in [6.07, 6.45) is 4.50. The third-order valence-corrected chi connectivity index (χ3v) is 2.09. The molecule has 5 heteroatoms. The highest BCUT2D eigenvalue weighted by Gasteiger charge is 2.04. The van der Waals surface area contributed by atoms with E-state index in [1.807, 2.05) is 0 Å². The molecule has 0 atom stereocenters. The Bertz CT molecular complexity index is 61.4. The van der Waals surface area contributed by atoms with E-state index in [0.717, 1.165) is 0 Å². The minimum Gasteiger partial charge on any atom is -0.379 e. The van der Waals surface area contributed by atoms with E-state index < -0.39 is 9.53 Å². The minimum absolute atomic E-state index is 1.50. The number of rotatable bonds is 3. The van der Waals surface area contributed by atoms with Gasteiger partial charge in [0.15, 0.2) is 0 Å². The zero-order valence-corrected chi connectivity index (χ0v) is 9.66. The van der Waals surface area contributed by atoms with Gasteiger partial charge in [-0.2, -0.15) is 0 Å². The van der Waals surface area contributed by atoms with Gasteiger partial charge >= 0.3 is 9.53 Å². The Kier molecular flexibility index (Phi) is 16.6. The Morgan fingerprint density at radius 1 is 0.833 bits per heavy atom. The first-order chi connectivity index (χ1) is 5.85. The second-order valence-corrected chi connectivity index (χ2v) is 4.05. The van der Waals surface area contributed by atoms with Crippen molar-refractivity contribution in [1.82, 2.24) is 0 Å². The smallest absolute Gasteiger partial charge is 0.379 e. The van der Waals surface area contributed by atoms with Crippen molar-refractivity contribution in [3.8, 4) is 0 Å². The van der Waals surface area contributed by atoms with Crippen LogP contribution in [0.1, 0.15) is 19.3 Å². The topological polar surface area (TPSA) is 53.7 Å². The molecule has 0 radical (unpaired) electrons. The van der Waals surface area contributed by atoms with Crippen LogP contribution in [0.3, 0.4) is 0 Å². The lowest BCUT2D eigenvalue weighted by Gasteiger charge is -2.05. The Hall–Kier alpha value is 0.0569. The highest BCUT2D eigenvalue weighted by atomic mass is 28.3.